The second kappa shape index (κ2) is 12.4. The number of rotatable bonds is 10. The summed E-state index contributed by atoms with van der Waals surface area (Å²) in [5, 5.41) is 10.3. The highest BCUT2D eigenvalue weighted by molar-refractivity contribution is 5.85. The molecule has 9 heteroatoms. The van der Waals surface area contributed by atoms with Crippen LogP contribution in [-0.4, -0.2) is 67.3 Å². The van der Waals surface area contributed by atoms with Crippen molar-refractivity contribution in [3.05, 3.63) is 30.2 Å². The van der Waals surface area contributed by atoms with E-state index in [1.807, 2.05) is 24.3 Å². The molecule has 2 N–H and O–H groups in total. The standard InChI is InChI=1S/C20H29N5O3.ClH/c1-27-17-8-6-16(7-9-17)20-23-19(28-24-20)5-2-4-18(26)22-10-3-13-25-14-11-21-12-15-25;/h6-9,21H,2-5,10-15H2,1H3,(H,22,26);1H. The summed E-state index contributed by atoms with van der Waals surface area (Å²) >= 11 is 0. The van der Waals surface area contributed by atoms with E-state index in [-0.39, 0.29) is 18.3 Å². The maximum absolute atomic E-state index is 12.0. The lowest BCUT2D eigenvalue weighted by molar-refractivity contribution is -0.121. The summed E-state index contributed by atoms with van der Waals surface area (Å²) in [5.41, 5.74) is 0.873. The summed E-state index contributed by atoms with van der Waals surface area (Å²) in [5.74, 6) is 1.97. The Bertz CT molecular complexity index is 732. The number of nitrogens with zero attached hydrogens (tertiary/aromatic N) is 3. The molecule has 0 aliphatic carbocycles. The molecule has 0 atom stereocenters. The molecule has 160 valence electrons. The number of halogens is 1. The van der Waals surface area contributed by atoms with Gasteiger partial charge in [0, 0.05) is 51.1 Å². The largest absolute Gasteiger partial charge is 0.497 e. The van der Waals surface area contributed by atoms with E-state index < -0.39 is 0 Å². The van der Waals surface area contributed by atoms with Gasteiger partial charge in [-0.25, -0.2) is 0 Å². The van der Waals surface area contributed by atoms with E-state index in [1.165, 1.54) is 0 Å². The number of nitrogens with one attached hydrogen (secondary N) is 2. The molecular formula is C20H30ClN5O3. The number of piperazine rings is 1. The van der Waals surface area contributed by atoms with Gasteiger partial charge in [-0.3, -0.25) is 4.79 Å². The fraction of sp³-hybridized carbons (Fsp3) is 0.550. The number of hydrogen-bond donors (Lipinski definition) is 2. The Labute approximate surface area is 177 Å². The number of ether oxygens (including phenoxy) is 1. The minimum Gasteiger partial charge on any atom is -0.497 e. The smallest absolute Gasteiger partial charge is 0.226 e. The van der Waals surface area contributed by atoms with Crippen LogP contribution in [0.2, 0.25) is 0 Å². The highest BCUT2D eigenvalue weighted by Gasteiger charge is 2.11. The second-order valence-corrected chi connectivity index (χ2v) is 6.89. The highest BCUT2D eigenvalue weighted by atomic mass is 35.5. The molecule has 1 aliphatic rings. The molecular weight excluding hydrogens is 394 g/mol. The van der Waals surface area contributed by atoms with Gasteiger partial charge in [0.2, 0.25) is 17.6 Å². The molecule has 1 aromatic carbocycles. The van der Waals surface area contributed by atoms with Crippen molar-refractivity contribution < 1.29 is 14.1 Å². The number of methoxy groups -OCH3 is 1. The lowest BCUT2D eigenvalue weighted by atomic mass is 10.2. The van der Waals surface area contributed by atoms with E-state index in [2.05, 4.69) is 25.7 Å². The molecule has 2 aromatic rings. The first-order chi connectivity index (χ1) is 13.7. The van der Waals surface area contributed by atoms with Gasteiger partial charge in [-0.05, 0) is 43.7 Å². The number of benzene rings is 1. The van der Waals surface area contributed by atoms with Gasteiger partial charge < -0.3 is 24.8 Å². The van der Waals surface area contributed by atoms with Crippen LogP contribution in [0.3, 0.4) is 0 Å². The molecule has 2 heterocycles. The second-order valence-electron chi connectivity index (χ2n) is 6.89. The molecule has 0 bridgehead atoms. The van der Waals surface area contributed by atoms with Gasteiger partial charge in [-0.1, -0.05) is 5.16 Å². The first-order valence-electron chi connectivity index (χ1n) is 9.91. The average molecular weight is 424 g/mol. The highest BCUT2D eigenvalue weighted by Crippen LogP contribution is 2.20. The maximum atomic E-state index is 12.0. The molecule has 0 radical (unpaired) electrons. The van der Waals surface area contributed by atoms with Crippen molar-refractivity contribution in [2.45, 2.75) is 25.7 Å². The zero-order chi connectivity index (χ0) is 19.6. The molecule has 8 nitrogen and oxygen atoms in total. The molecule has 1 amide bonds. The molecule has 29 heavy (non-hydrogen) atoms. The number of hydrogen-bond acceptors (Lipinski definition) is 7. The van der Waals surface area contributed by atoms with Crippen LogP contribution in [-0.2, 0) is 11.2 Å². The van der Waals surface area contributed by atoms with Gasteiger partial charge >= 0.3 is 0 Å². The summed E-state index contributed by atoms with van der Waals surface area (Å²) in [7, 11) is 1.63. The molecule has 1 aliphatic heterocycles. The average Bonchev–Trinajstić information content (AvgIpc) is 3.21. The van der Waals surface area contributed by atoms with Gasteiger partial charge in [0.05, 0.1) is 7.11 Å². The molecule has 1 saturated heterocycles. The number of aryl methyl sites for hydroxylation is 1. The van der Waals surface area contributed by atoms with Crippen molar-refractivity contribution >= 4 is 18.3 Å². The fourth-order valence-electron chi connectivity index (χ4n) is 3.17. The van der Waals surface area contributed by atoms with E-state index in [0.717, 1.165) is 57.0 Å². The van der Waals surface area contributed by atoms with Gasteiger partial charge in [0.1, 0.15) is 5.75 Å². The molecule has 0 saturated carbocycles. The summed E-state index contributed by atoms with van der Waals surface area (Å²) < 4.78 is 10.4. The molecule has 3 rings (SSSR count). The van der Waals surface area contributed by atoms with Gasteiger partial charge in [0.15, 0.2) is 0 Å². The minimum absolute atomic E-state index is 0. The van der Waals surface area contributed by atoms with Crippen molar-refractivity contribution in [3.63, 3.8) is 0 Å². The number of aromatic nitrogens is 2. The molecule has 0 spiro atoms. The third-order valence-electron chi connectivity index (χ3n) is 4.79. The zero-order valence-electron chi connectivity index (χ0n) is 16.9. The van der Waals surface area contributed by atoms with Crippen LogP contribution in [0.25, 0.3) is 11.4 Å². The van der Waals surface area contributed by atoms with Crippen LogP contribution in [0, 0.1) is 0 Å². The number of carbonyl (C=O) groups excluding carboxylic acids is 1. The van der Waals surface area contributed by atoms with Crippen LogP contribution in [0.5, 0.6) is 5.75 Å². The Morgan fingerprint density at radius 1 is 1.24 bits per heavy atom. The predicted molar refractivity (Wildman–Crippen MR) is 113 cm³/mol. The summed E-state index contributed by atoms with van der Waals surface area (Å²) in [6.07, 6.45) is 2.74. The Morgan fingerprint density at radius 3 is 2.72 bits per heavy atom. The van der Waals surface area contributed by atoms with Crippen molar-refractivity contribution in [1.29, 1.82) is 0 Å². The molecule has 0 unspecified atom stereocenters. The normalized spacial score (nSPS) is 14.2. The summed E-state index contributed by atoms with van der Waals surface area (Å²) in [6.45, 7) is 6.07. The third kappa shape index (κ3) is 7.64. The fourth-order valence-corrected chi connectivity index (χ4v) is 3.17. The maximum Gasteiger partial charge on any atom is 0.226 e. The van der Waals surface area contributed by atoms with E-state index in [4.69, 9.17) is 9.26 Å². The summed E-state index contributed by atoms with van der Waals surface area (Å²) in [6, 6.07) is 7.50. The summed E-state index contributed by atoms with van der Waals surface area (Å²) in [4.78, 5) is 18.8. The SMILES string of the molecule is COc1ccc(-c2noc(CCCC(=O)NCCCN3CCNCC3)n2)cc1.Cl. The third-order valence-corrected chi connectivity index (χ3v) is 4.79. The van der Waals surface area contributed by atoms with Crippen LogP contribution in [0.15, 0.2) is 28.8 Å². The van der Waals surface area contributed by atoms with Gasteiger partial charge in [-0.2, -0.15) is 4.98 Å². The van der Waals surface area contributed by atoms with Gasteiger partial charge in [0.25, 0.3) is 0 Å². The van der Waals surface area contributed by atoms with E-state index >= 15 is 0 Å². The van der Waals surface area contributed by atoms with Crippen molar-refractivity contribution in [3.8, 4) is 17.1 Å². The lowest BCUT2D eigenvalue weighted by Gasteiger charge is -2.27. The van der Waals surface area contributed by atoms with Crippen molar-refractivity contribution in [2.75, 3.05) is 46.4 Å². The monoisotopic (exact) mass is 423 g/mol. The van der Waals surface area contributed by atoms with E-state index in [0.29, 0.717) is 31.0 Å². The number of amides is 1. The zero-order valence-corrected chi connectivity index (χ0v) is 17.7. The van der Waals surface area contributed by atoms with Crippen LogP contribution < -0.4 is 15.4 Å². The topological polar surface area (TPSA) is 92.5 Å². The Hall–Kier alpha value is -2.16. The van der Waals surface area contributed by atoms with Crippen LogP contribution in [0.1, 0.15) is 25.2 Å². The van der Waals surface area contributed by atoms with Crippen molar-refractivity contribution in [1.82, 2.24) is 25.7 Å². The van der Waals surface area contributed by atoms with E-state index in [9.17, 15) is 4.79 Å². The quantitative estimate of drug-likeness (QED) is 0.564. The number of carbonyl (C=O) groups is 1. The Morgan fingerprint density at radius 2 is 2.00 bits per heavy atom. The first-order valence-corrected chi connectivity index (χ1v) is 9.91. The van der Waals surface area contributed by atoms with Crippen molar-refractivity contribution in [2.24, 2.45) is 0 Å². The van der Waals surface area contributed by atoms with E-state index in [1.54, 1.807) is 7.11 Å². The molecule has 1 fully saturated rings. The van der Waals surface area contributed by atoms with Crippen LogP contribution >= 0.6 is 12.4 Å². The Kier molecular flexibility index (Phi) is 9.90. The molecule has 1 aromatic heterocycles. The van der Waals surface area contributed by atoms with Crippen LogP contribution in [0.4, 0.5) is 0 Å². The van der Waals surface area contributed by atoms with Gasteiger partial charge in [-0.15, -0.1) is 12.4 Å². The minimum atomic E-state index is 0. The lowest BCUT2D eigenvalue weighted by Crippen LogP contribution is -2.44. The first kappa shape index (κ1) is 23.1. The Balaban J connectivity index is 0.00000300. The predicted octanol–water partition coefficient (Wildman–Crippen LogP) is 1.90.